The SMILES string of the molecule is CC(CCl)C(=O)NCCN. The lowest BCUT2D eigenvalue weighted by molar-refractivity contribution is -0.123. The average molecular weight is 165 g/mol. The maximum Gasteiger partial charge on any atom is 0.224 e. The van der Waals surface area contributed by atoms with Crippen molar-refractivity contribution in [2.45, 2.75) is 6.92 Å². The van der Waals surface area contributed by atoms with Gasteiger partial charge in [-0.15, -0.1) is 11.6 Å². The Morgan fingerprint density at radius 2 is 2.40 bits per heavy atom. The smallest absolute Gasteiger partial charge is 0.224 e. The van der Waals surface area contributed by atoms with E-state index in [4.69, 9.17) is 17.3 Å². The number of hydrogen-bond acceptors (Lipinski definition) is 2. The molecule has 0 aromatic rings. The molecule has 0 aromatic heterocycles. The van der Waals surface area contributed by atoms with Crippen LogP contribution >= 0.6 is 11.6 Å². The lowest BCUT2D eigenvalue weighted by atomic mass is 10.2. The van der Waals surface area contributed by atoms with Gasteiger partial charge in [0, 0.05) is 24.9 Å². The Morgan fingerprint density at radius 1 is 1.80 bits per heavy atom. The van der Waals surface area contributed by atoms with Gasteiger partial charge in [-0.05, 0) is 0 Å². The summed E-state index contributed by atoms with van der Waals surface area (Å²) in [6, 6.07) is 0. The van der Waals surface area contributed by atoms with Gasteiger partial charge >= 0.3 is 0 Å². The summed E-state index contributed by atoms with van der Waals surface area (Å²) in [5.41, 5.74) is 5.17. The van der Waals surface area contributed by atoms with E-state index in [2.05, 4.69) is 5.32 Å². The van der Waals surface area contributed by atoms with Crippen molar-refractivity contribution in [2.75, 3.05) is 19.0 Å². The molecule has 0 heterocycles. The standard InChI is InChI=1S/C6H13ClN2O/c1-5(4-7)6(10)9-3-2-8/h5H,2-4,8H2,1H3,(H,9,10). The number of carbonyl (C=O) groups is 1. The molecule has 0 rings (SSSR count). The first-order valence-electron chi connectivity index (χ1n) is 3.26. The second-order valence-corrected chi connectivity index (χ2v) is 2.44. The number of hydrogen-bond donors (Lipinski definition) is 2. The molecule has 0 saturated carbocycles. The average Bonchev–Trinajstić information content (AvgIpc) is 1.98. The molecule has 0 aromatic carbocycles. The monoisotopic (exact) mass is 164 g/mol. The van der Waals surface area contributed by atoms with Crippen LogP contribution in [0.15, 0.2) is 0 Å². The van der Waals surface area contributed by atoms with Crippen molar-refractivity contribution in [3.63, 3.8) is 0 Å². The molecule has 0 aliphatic rings. The van der Waals surface area contributed by atoms with Crippen molar-refractivity contribution in [2.24, 2.45) is 11.7 Å². The fourth-order valence-electron chi connectivity index (χ4n) is 0.440. The van der Waals surface area contributed by atoms with Gasteiger partial charge in [0.25, 0.3) is 0 Å². The van der Waals surface area contributed by atoms with E-state index in [9.17, 15) is 4.79 Å². The molecule has 60 valence electrons. The second-order valence-electron chi connectivity index (χ2n) is 2.14. The van der Waals surface area contributed by atoms with Crippen molar-refractivity contribution >= 4 is 17.5 Å². The van der Waals surface area contributed by atoms with E-state index in [1.54, 1.807) is 6.92 Å². The first-order chi connectivity index (χ1) is 4.72. The van der Waals surface area contributed by atoms with E-state index in [0.29, 0.717) is 19.0 Å². The molecule has 0 saturated heterocycles. The summed E-state index contributed by atoms with van der Waals surface area (Å²) in [6.07, 6.45) is 0. The van der Waals surface area contributed by atoms with E-state index < -0.39 is 0 Å². The van der Waals surface area contributed by atoms with Crippen LogP contribution in [0.2, 0.25) is 0 Å². The fraction of sp³-hybridized carbons (Fsp3) is 0.833. The lowest BCUT2D eigenvalue weighted by Crippen LogP contribution is -2.33. The minimum absolute atomic E-state index is 0.0274. The normalized spacial score (nSPS) is 12.7. The molecule has 10 heavy (non-hydrogen) atoms. The number of nitrogens with one attached hydrogen (secondary N) is 1. The highest BCUT2D eigenvalue weighted by Gasteiger charge is 2.08. The van der Waals surface area contributed by atoms with Crippen LogP contribution in [0.1, 0.15) is 6.92 Å². The van der Waals surface area contributed by atoms with Crippen LogP contribution in [0.25, 0.3) is 0 Å². The van der Waals surface area contributed by atoms with E-state index >= 15 is 0 Å². The van der Waals surface area contributed by atoms with Gasteiger partial charge in [-0.2, -0.15) is 0 Å². The van der Waals surface area contributed by atoms with Crippen molar-refractivity contribution in [3.05, 3.63) is 0 Å². The van der Waals surface area contributed by atoms with Crippen LogP contribution in [0, 0.1) is 5.92 Å². The second kappa shape index (κ2) is 5.50. The molecule has 0 aliphatic heterocycles. The maximum atomic E-state index is 10.9. The summed E-state index contributed by atoms with van der Waals surface area (Å²) in [4.78, 5) is 10.9. The zero-order valence-corrected chi connectivity index (χ0v) is 6.82. The highest BCUT2D eigenvalue weighted by Crippen LogP contribution is 1.96. The number of amides is 1. The Kier molecular flexibility index (Phi) is 5.35. The molecule has 0 bridgehead atoms. The molecule has 3 nitrogen and oxygen atoms in total. The summed E-state index contributed by atoms with van der Waals surface area (Å²) >= 11 is 5.43. The van der Waals surface area contributed by atoms with Crippen LogP contribution in [-0.4, -0.2) is 24.9 Å². The molecule has 4 heteroatoms. The van der Waals surface area contributed by atoms with Gasteiger partial charge in [0.15, 0.2) is 0 Å². The molecule has 0 radical (unpaired) electrons. The minimum Gasteiger partial charge on any atom is -0.355 e. The van der Waals surface area contributed by atoms with Crippen LogP contribution < -0.4 is 11.1 Å². The summed E-state index contributed by atoms with van der Waals surface area (Å²) in [6.45, 7) is 2.78. The van der Waals surface area contributed by atoms with Crippen molar-refractivity contribution in [3.8, 4) is 0 Å². The van der Waals surface area contributed by atoms with E-state index in [1.807, 2.05) is 0 Å². The van der Waals surface area contributed by atoms with Gasteiger partial charge in [0.2, 0.25) is 5.91 Å². The van der Waals surface area contributed by atoms with Gasteiger partial charge in [0.05, 0.1) is 0 Å². The third-order valence-corrected chi connectivity index (χ3v) is 1.59. The summed E-state index contributed by atoms with van der Waals surface area (Å²) < 4.78 is 0. The van der Waals surface area contributed by atoms with E-state index in [-0.39, 0.29) is 11.8 Å². The summed E-state index contributed by atoms with van der Waals surface area (Å²) in [5.74, 6) is 0.213. The highest BCUT2D eigenvalue weighted by atomic mass is 35.5. The zero-order valence-electron chi connectivity index (χ0n) is 6.06. The fourth-order valence-corrected chi connectivity index (χ4v) is 0.580. The molecule has 0 fully saturated rings. The number of carbonyl (C=O) groups excluding carboxylic acids is 1. The molecule has 0 aliphatic carbocycles. The van der Waals surface area contributed by atoms with Gasteiger partial charge in [-0.3, -0.25) is 4.79 Å². The zero-order chi connectivity index (χ0) is 7.98. The molecule has 1 amide bonds. The highest BCUT2D eigenvalue weighted by molar-refractivity contribution is 6.19. The first-order valence-corrected chi connectivity index (χ1v) is 3.79. The lowest BCUT2D eigenvalue weighted by Gasteiger charge is -2.06. The van der Waals surface area contributed by atoms with Crippen LogP contribution in [0.3, 0.4) is 0 Å². The Labute approximate surface area is 65.9 Å². The van der Waals surface area contributed by atoms with E-state index in [1.165, 1.54) is 0 Å². The third-order valence-electron chi connectivity index (χ3n) is 1.12. The van der Waals surface area contributed by atoms with Gasteiger partial charge < -0.3 is 11.1 Å². The predicted molar refractivity (Wildman–Crippen MR) is 41.9 cm³/mol. The maximum absolute atomic E-state index is 10.9. The molecule has 0 spiro atoms. The van der Waals surface area contributed by atoms with Gasteiger partial charge in [-0.25, -0.2) is 0 Å². The van der Waals surface area contributed by atoms with Crippen molar-refractivity contribution in [1.82, 2.24) is 5.32 Å². The van der Waals surface area contributed by atoms with Gasteiger partial charge in [-0.1, -0.05) is 6.92 Å². The third kappa shape index (κ3) is 3.69. The number of rotatable bonds is 4. The predicted octanol–water partition coefficient (Wildman–Crippen LogP) is -0.0638. The van der Waals surface area contributed by atoms with Crippen LogP contribution in [0.5, 0.6) is 0 Å². The molecular weight excluding hydrogens is 152 g/mol. The number of alkyl halides is 1. The Morgan fingerprint density at radius 3 is 2.80 bits per heavy atom. The Bertz CT molecular complexity index is 108. The quantitative estimate of drug-likeness (QED) is 0.572. The topological polar surface area (TPSA) is 55.1 Å². The molecule has 3 N–H and O–H groups in total. The van der Waals surface area contributed by atoms with Crippen molar-refractivity contribution < 1.29 is 4.79 Å². The first kappa shape index (κ1) is 9.72. The molecular formula is C6H13ClN2O. The largest absolute Gasteiger partial charge is 0.355 e. The number of halogens is 1. The Hall–Kier alpha value is -0.280. The molecule has 1 atom stereocenters. The van der Waals surface area contributed by atoms with Crippen molar-refractivity contribution in [1.29, 1.82) is 0 Å². The molecule has 1 unspecified atom stereocenters. The summed E-state index contributed by atoms with van der Waals surface area (Å²) in [5, 5.41) is 2.63. The number of nitrogens with two attached hydrogens (primary N) is 1. The van der Waals surface area contributed by atoms with Crippen LogP contribution in [-0.2, 0) is 4.79 Å². The van der Waals surface area contributed by atoms with Gasteiger partial charge in [0.1, 0.15) is 0 Å². The Balaban J connectivity index is 3.42. The minimum atomic E-state index is -0.117. The van der Waals surface area contributed by atoms with Crippen LogP contribution in [0.4, 0.5) is 0 Å². The van der Waals surface area contributed by atoms with E-state index in [0.717, 1.165) is 0 Å². The summed E-state index contributed by atoms with van der Waals surface area (Å²) in [7, 11) is 0.